The maximum absolute atomic E-state index is 12.8. The molecule has 27 heavy (non-hydrogen) atoms. The molecule has 138 valence electrons. The molecule has 0 aliphatic heterocycles. The molecule has 7 heteroatoms. The Morgan fingerprint density at radius 2 is 2.00 bits per heavy atom. The molecule has 0 aliphatic carbocycles. The highest BCUT2D eigenvalue weighted by atomic mass is 16.5. The van der Waals surface area contributed by atoms with Crippen molar-refractivity contribution < 1.29 is 14.3 Å². The third-order valence-electron chi connectivity index (χ3n) is 4.56. The number of nitrogens with zero attached hydrogens (tertiary/aromatic N) is 2. The molecule has 1 amide bonds. The highest BCUT2D eigenvalue weighted by molar-refractivity contribution is 6.06. The number of fused-ring (bicyclic) bond motifs is 2. The zero-order valence-corrected chi connectivity index (χ0v) is 15.4. The lowest BCUT2D eigenvalue weighted by Crippen LogP contribution is -2.16. The predicted molar refractivity (Wildman–Crippen MR) is 105 cm³/mol. The van der Waals surface area contributed by atoms with Gasteiger partial charge in [0.1, 0.15) is 17.2 Å². The van der Waals surface area contributed by atoms with E-state index < -0.39 is 0 Å². The van der Waals surface area contributed by atoms with Gasteiger partial charge in [-0.1, -0.05) is 12.1 Å². The second-order valence-corrected chi connectivity index (χ2v) is 6.10. The Morgan fingerprint density at radius 3 is 2.74 bits per heavy atom. The summed E-state index contributed by atoms with van der Waals surface area (Å²) in [6.07, 6.45) is 0. The van der Waals surface area contributed by atoms with Crippen LogP contribution in [0.25, 0.3) is 21.9 Å². The van der Waals surface area contributed by atoms with E-state index in [2.05, 4.69) is 15.3 Å². The van der Waals surface area contributed by atoms with Crippen molar-refractivity contribution in [1.82, 2.24) is 14.5 Å². The van der Waals surface area contributed by atoms with Crippen LogP contribution in [0.1, 0.15) is 17.4 Å². The van der Waals surface area contributed by atoms with E-state index in [1.54, 1.807) is 26.4 Å². The molecule has 2 heterocycles. The second-order valence-electron chi connectivity index (χ2n) is 6.10. The van der Waals surface area contributed by atoms with Crippen molar-refractivity contribution in [1.29, 1.82) is 0 Å². The predicted octanol–water partition coefficient (Wildman–Crippen LogP) is 3.81. The number of imidazole rings is 1. The third kappa shape index (κ3) is 2.87. The van der Waals surface area contributed by atoms with Crippen molar-refractivity contribution in [3.63, 3.8) is 0 Å². The van der Waals surface area contributed by atoms with Crippen LogP contribution in [-0.4, -0.2) is 34.7 Å². The highest BCUT2D eigenvalue weighted by Gasteiger charge is 2.17. The first-order chi connectivity index (χ1) is 13.1. The number of aromatic nitrogens is 3. The van der Waals surface area contributed by atoms with Gasteiger partial charge in [-0.05, 0) is 31.2 Å². The number of hydrogen-bond acceptors (Lipinski definition) is 4. The van der Waals surface area contributed by atoms with Crippen molar-refractivity contribution in [2.75, 3.05) is 19.5 Å². The van der Waals surface area contributed by atoms with Gasteiger partial charge in [-0.3, -0.25) is 10.1 Å². The van der Waals surface area contributed by atoms with Crippen LogP contribution >= 0.6 is 0 Å². The number of H-pyrrole nitrogens is 1. The monoisotopic (exact) mass is 364 g/mol. The van der Waals surface area contributed by atoms with Gasteiger partial charge in [0.15, 0.2) is 0 Å². The summed E-state index contributed by atoms with van der Waals surface area (Å²) >= 11 is 0. The summed E-state index contributed by atoms with van der Waals surface area (Å²) in [6, 6.07) is 13.2. The Bertz CT molecular complexity index is 1140. The molecule has 0 saturated carbocycles. The zero-order chi connectivity index (χ0) is 19.0. The first-order valence-electron chi connectivity index (χ1n) is 8.66. The van der Waals surface area contributed by atoms with Gasteiger partial charge in [-0.15, -0.1) is 0 Å². The number of aryl methyl sites for hydroxylation is 1. The summed E-state index contributed by atoms with van der Waals surface area (Å²) in [4.78, 5) is 20.5. The number of para-hydroxylation sites is 2. The molecule has 0 fully saturated rings. The fourth-order valence-electron chi connectivity index (χ4n) is 3.25. The van der Waals surface area contributed by atoms with E-state index in [1.165, 1.54) is 0 Å². The van der Waals surface area contributed by atoms with Gasteiger partial charge in [0.05, 0.1) is 30.8 Å². The normalized spacial score (nSPS) is 11.1. The first kappa shape index (κ1) is 17.0. The number of methoxy groups -OCH3 is 2. The molecular weight excluding hydrogens is 344 g/mol. The smallest absolute Gasteiger partial charge is 0.274 e. The van der Waals surface area contributed by atoms with Crippen LogP contribution < -0.4 is 14.8 Å². The van der Waals surface area contributed by atoms with Crippen molar-refractivity contribution in [2.24, 2.45) is 0 Å². The van der Waals surface area contributed by atoms with Crippen LogP contribution in [0.5, 0.6) is 11.5 Å². The van der Waals surface area contributed by atoms with E-state index in [1.807, 2.05) is 41.8 Å². The largest absolute Gasteiger partial charge is 0.497 e. The number of carbonyl (C=O) groups is 1. The Balaban J connectivity index is 1.71. The van der Waals surface area contributed by atoms with Gasteiger partial charge in [0.25, 0.3) is 5.91 Å². The molecular formula is C20H20N4O3. The Hall–Kier alpha value is -3.48. The van der Waals surface area contributed by atoms with Gasteiger partial charge in [-0.2, -0.15) is 0 Å². The van der Waals surface area contributed by atoms with Crippen molar-refractivity contribution in [3.05, 3.63) is 48.2 Å². The lowest BCUT2D eigenvalue weighted by molar-refractivity contribution is 0.102. The summed E-state index contributed by atoms with van der Waals surface area (Å²) in [5, 5.41) is 3.74. The number of nitrogens with one attached hydrogen (secondary N) is 2. The van der Waals surface area contributed by atoms with Gasteiger partial charge >= 0.3 is 0 Å². The number of hydrogen-bond donors (Lipinski definition) is 2. The number of carbonyl (C=O) groups excluding carboxylic acids is 1. The van der Waals surface area contributed by atoms with Gasteiger partial charge in [0.2, 0.25) is 5.95 Å². The SMILES string of the molecule is CCn1c(NC(=O)c2cc3cc(OC)cc(OC)c3[nH]2)nc2ccccc21. The lowest BCUT2D eigenvalue weighted by atomic mass is 10.2. The molecule has 2 aromatic carbocycles. The lowest BCUT2D eigenvalue weighted by Gasteiger charge is -2.06. The Kier molecular flexibility index (Phi) is 4.19. The average Bonchev–Trinajstić information content (AvgIpc) is 3.27. The fourth-order valence-corrected chi connectivity index (χ4v) is 3.25. The van der Waals surface area contributed by atoms with Gasteiger partial charge in [0, 0.05) is 18.0 Å². The second kappa shape index (κ2) is 6.68. The maximum atomic E-state index is 12.8. The zero-order valence-electron chi connectivity index (χ0n) is 15.4. The number of amides is 1. The molecule has 4 aromatic rings. The summed E-state index contributed by atoms with van der Waals surface area (Å²) < 4.78 is 12.7. The number of rotatable bonds is 5. The summed E-state index contributed by atoms with van der Waals surface area (Å²) in [6.45, 7) is 2.72. The number of anilines is 1. The minimum atomic E-state index is -0.266. The quantitative estimate of drug-likeness (QED) is 0.564. The highest BCUT2D eigenvalue weighted by Crippen LogP contribution is 2.31. The van der Waals surface area contributed by atoms with Crippen LogP contribution in [0.4, 0.5) is 5.95 Å². The van der Waals surface area contributed by atoms with E-state index >= 15 is 0 Å². The average molecular weight is 364 g/mol. The topological polar surface area (TPSA) is 81.2 Å². The van der Waals surface area contributed by atoms with Crippen LogP contribution in [0.3, 0.4) is 0 Å². The maximum Gasteiger partial charge on any atom is 0.274 e. The minimum Gasteiger partial charge on any atom is -0.497 e. The van der Waals surface area contributed by atoms with Crippen LogP contribution in [0.2, 0.25) is 0 Å². The molecule has 0 radical (unpaired) electrons. The Morgan fingerprint density at radius 1 is 1.19 bits per heavy atom. The first-order valence-corrected chi connectivity index (χ1v) is 8.66. The number of benzene rings is 2. The van der Waals surface area contributed by atoms with E-state index in [-0.39, 0.29) is 5.91 Å². The molecule has 0 aliphatic rings. The third-order valence-corrected chi connectivity index (χ3v) is 4.56. The molecule has 0 atom stereocenters. The van der Waals surface area contributed by atoms with Gasteiger partial charge < -0.3 is 19.0 Å². The molecule has 2 aromatic heterocycles. The van der Waals surface area contributed by atoms with Crippen molar-refractivity contribution >= 4 is 33.8 Å². The van der Waals surface area contributed by atoms with Crippen LogP contribution in [-0.2, 0) is 6.54 Å². The minimum absolute atomic E-state index is 0.266. The fraction of sp³-hybridized carbons (Fsp3) is 0.200. The number of ether oxygens (including phenoxy) is 2. The van der Waals surface area contributed by atoms with E-state index in [9.17, 15) is 4.79 Å². The van der Waals surface area contributed by atoms with Gasteiger partial charge in [-0.25, -0.2) is 4.98 Å². The van der Waals surface area contributed by atoms with E-state index in [4.69, 9.17) is 9.47 Å². The Labute approximate surface area is 155 Å². The molecule has 7 nitrogen and oxygen atoms in total. The van der Waals surface area contributed by atoms with Crippen molar-refractivity contribution in [2.45, 2.75) is 13.5 Å². The number of aromatic amines is 1. The van der Waals surface area contributed by atoms with Crippen LogP contribution in [0.15, 0.2) is 42.5 Å². The molecule has 0 unspecified atom stereocenters. The summed E-state index contributed by atoms with van der Waals surface area (Å²) in [5.74, 6) is 1.53. The standard InChI is InChI=1S/C20H20N4O3/c1-4-24-16-8-6-5-7-14(16)22-20(24)23-19(25)15-10-12-9-13(26-2)11-17(27-3)18(12)21-15/h5-11,21H,4H2,1-3H3,(H,22,23,25). The van der Waals surface area contributed by atoms with E-state index in [0.717, 1.165) is 21.9 Å². The van der Waals surface area contributed by atoms with E-state index in [0.29, 0.717) is 29.7 Å². The summed E-state index contributed by atoms with van der Waals surface area (Å²) in [7, 11) is 3.18. The molecule has 0 spiro atoms. The van der Waals surface area contributed by atoms with Crippen molar-refractivity contribution in [3.8, 4) is 11.5 Å². The molecule has 2 N–H and O–H groups in total. The molecule has 0 saturated heterocycles. The van der Waals surface area contributed by atoms with Crippen LogP contribution in [0, 0.1) is 0 Å². The molecule has 4 rings (SSSR count). The molecule has 0 bridgehead atoms. The summed E-state index contributed by atoms with van der Waals surface area (Å²) in [5.41, 5.74) is 3.00.